The predicted molar refractivity (Wildman–Crippen MR) is 165 cm³/mol. The lowest BCUT2D eigenvalue weighted by molar-refractivity contribution is -0.192. The fraction of sp³-hybridized carbons (Fsp3) is 0.194. The van der Waals surface area contributed by atoms with Crippen molar-refractivity contribution in [2.45, 2.75) is 30.2 Å². The van der Waals surface area contributed by atoms with E-state index in [2.05, 4.69) is 22.6 Å². The molecule has 0 aliphatic carbocycles. The third-order valence-corrected chi connectivity index (χ3v) is 7.37. The Kier molecular flexibility index (Phi) is 12.2. The van der Waals surface area contributed by atoms with Gasteiger partial charge in [-0.15, -0.1) is 0 Å². The Morgan fingerprint density at radius 1 is 1.02 bits per heavy atom. The van der Waals surface area contributed by atoms with E-state index in [9.17, 15) is 26.4 Å². The number of carboxylic acid groups (broad SMARTS) is 1. The number of hydrogen-bond donors (Lipinski definition) is 4. The van der Waals surface area contributed by atoms with Crippen LogP contribution in [-0.4, -0.2) is 66.9 Å². The van der Waals surface area contributed by atoms with Gasteiger partial charge in [-0.3, -0.25) is 9.35 Å². The van der Waals surface area contributed by atoms with Crippen LogP contribution in [-0.2, 0) is 32.8 Å². The molecule has 1 amide bonds. The Balaban J connectivity index is 0.000000217. The average molecular weight is 661 g/mol. The summed E-state index contributed by atoms with van der Waals surface area (Å²) in [5.74, 6) is 3.20. The monoisotopic (exact) mass is 660 g/mol. The number of carbonyl (C=O) groups excluding carboxylic acids is 1. The van der Waals surface area contributed by atoms with Crippen molar-refractivity contribution in [3.63, 3.8) is 0 Å². The number of nitrogens with two attached hydrogens (primary N) is 1. The minimum Gasteiger partial charge on any atom is -0.497 e. The van der Waals surface area contributed by atoms with E-state index >= 15 is 0 Å². The molecule has 46 heavy (non-hydrogen) atoms. The number of amides is 1. The fourth-order valence-corrected chi connectivity index (χ4v) is 4.71. The van der Waals surface area contributed by atoms with Gasteiger partial charge in [0, 0.05) is 19.6 Å². The number of nitrogens with zero attached hydrogens (tertiary/aromatic N) is 2. The molecule has 1 heterocycles. The van der Waals surface area contributed by atoms with Gasteiger partial charge in [0.2, 0.25) is 5.91 Å². The fourth-order valence-electron chi connectivity index (χ4n) is 4.20. The van der Waals surface area contributed by atoms with E-state index in [1.54, 1.807) is 24.4 Å². The number of fused-ring (bicyclic) bond motifs is 1. The molecule has 5 rings (SSSR count). The van der Waals surface area contributed by atoms with Gasteiger partial charge in [0.05, 0.1) is 18.2 Å². The number of alkyl halides is 3. The molecule has 0 aromatic heterocycles. The molecule has 1 aliphatic rings. The van der Waals surface area contributed by atoms with Crippen molar-refractivity contribution in [3.8, 4) is 5.75 Å². The van der Waals surface area contributed by atoms with Crippen molar-refractivity contribution < 1.29 is 45.6 Å². The molecule has 4 aromatic rings. The second-order valence-corrected chi connectivity index (χ2v) is 11.2. The van der Waals surface area contributed by atoms with Crippen LogP contribution in [0.5, 0.6) is 5.75 Å². The van der Waals surface area contributed by atoms with Crippen LogP contribution in [0.4, 0.5) is 13.2 Å². The molecular formula is C31H31F3N4O7S. The van der Waals surface area contributed by atoms with Crippen LogP contribution in [0.1, 0.15) is 16.7 Å². The number of carbonyl (C=O) groups is 2. The number of aliphatic carboxylic acids is 1. The van der Waals surface area contributed by atoms with Crippen molar-refractivity contribution in [1.29, 1.82) is 0 Å². The zero-order valence-corrected chi connectivity index (χ0v) is 25.2. The van der Waals surface area contributed by atoms with Crippen molar-refractivity contribution in [1.82, 2.24) is 10.2 Å². The number of benzene rings is 4. The van der Waals surface area contributed by atoms with Gasteiger partial charge >= 0.3 is 12.1 Å². The number of hydrazone groups is 1. The van der Waals surface area contributed by atoms with E-state index in [0.717, 1.165) is 23.1 Å². The molecule has 244 valence electrons. The van der Waals surface area contributed by atoms with Crippen LogP contribution in [0, 0.1) is 0 Å². The highest BCUT2D eigenvalue weighted by Gasteiger charge is 2.38. The molecule has 0 bridgehead atoms. The molecule has 0 unspecified atom stereocenters. The Hall–Kier alpha value is -4.99. The zero-order chi connectivity index (χ0) is 33.9. The van der Waals surface area contributed by atoms with E-state index in [1.165, 1.54) is 24.8 Å². The van der Waals surface area contributed by atoms with Gasteiger partial charge in [-0.25, -0.2) is 4.79 Å². The van der Waals surface area contributed by atoms with Crippen molar-refractivity contribution in [2.24, 2.45) is 10.9 Å². The van der Waals surface area contributed by atoms with Crippen LogP contribution in [0.15, 0.2) is 101 Å². The lowest BCUT2D eigenvalue weighted by atomic mass is 10.0. The van der Waals surface area contributed by atoms with Crippen molar-refractivity contribution >= 4 is 39.0 Å². The third kappa shape index (κ3) is 10.6. The highest BCUT2D eigenvalue weighted by Crippen LogP contribution is 2.23. The second kappa shape index (κ2) is 15.8. The molecule has 1 fully saturated rings. The van der Waals surface area contributed by atoms with Crippen molar-refractivity contribution in [3.05, 3.63) is 108 Å². The highest BCUT2D eigenvalue weighted by molar-refractivity contribution is 7.85. The Morgan fingerprint density at radius 2 is 1.67 bits per heavy atom. The molecule has 4 aromatic carbocycles. The first-order chi connectivity index (χ1) is 21.7. The maximum absolute atomic E-state index is 12.2. The summed E-state index contributed by atoms with van der Waals surface area (Å²) in [5, 5.41) is 15.5. The average Bonchev–Trinajstić information content (AvgIpc) is 3.02. The number of likely N-dealkylation sites (tertiary alicyclic amines) is 1. The Bertz CT molecular complexity index is 1790. The minimum absolute atomic E-state index is 0.0796. The predicted octanol–water partition coefficient (Wildman–Crippen LogP) is 4.21. The minimum atomic E-state index is -5.08. The van der Waals surface area contributed by atoms with Crippen LogP contribution in [0.2, 0.25) is 0 Å². The lowest BCUT2D eigenvalue weighted by Crippen LogP contribution is -2.61. The summed E-state index contributed by atoms with van der Waals surface area (Å²) in [6, 6.07) is 27.6. The topological polar surface area (TPSA) is 172 Å². The molecule has 0 spiro atoms. The number of β-lactam (4-membered cyclic amide) rings is 1. The molecule has 1 aliphatic heterocycles. The number of carboxylic acids is 1. The van der Waals surface area contributed by atoms with E-state index in [0.29, 0.717) is 24.2 Å². The van der Waals surface area contributed by atoms with E-state index in [-0.39, 0.29) is 16.8 Å². The number of rotatable bonds is 8. The summed E-state index contributed by atoms with van der Waals surface area (Å²) in [6.45, 7) is 2.07. The van der Waals surface area contributed by atoms with Gasteiger partial charge in [0.15, 0.2) is 0 Å². The highest BCUT2D eigenvalue weighted by atomic mass is 32.2. The molecular weight excluding hydrogens is 629 g/mol. The molecule has 15 heteroatoms. The molecule has 5 N–H and O–H groups in total. The smallest absolute Gasteiger partial charge is 0.490 e. The summed E-state index contributed by atoms with van der Waals surface area (Å²) < 4.78 is 67.6. The number of methoxy groups -OCH3 is 1. The van der Waals surface area contributed by atoms with E-state index in [1.807, 2.05) is 53.4 Å². The Labute approximate surface area is 262 Å². The number of hydrogen-bond acceptors (Lipinski definition) is 8. The number of halogens is 3. The summed E-state index contributed by atoms with van der Waals surface area (Å²) in [4.78, 5) is 22.8. The summed E-state index contributed by atoms with van der Waals surface area (Å²) in [5.41, 5.74) is 3.21. The number of ether oxygens (including phenoxy) is 1. The van der Waals surface area contributed by atoms with Gasteiger partial charge in [-0.2, -0.15) is 26.7 Å². The standard InChI is InChI=1S/C18H20N4O.C11H10O4S.C2HF3O2/c19-21-11-15-7-4-8-16(9-15)12-22-13-17(18(22)23)20-10-14-5-2-1-3-6-14;1-15-10-4-2-8-3-5-11(16(12,13)14)7-9(8)6-10;3-2(4,5)1(6)7/h1-9,11,17,20H,10,12-13,19H2;2-7H,1H3,(H,12,13,14);(H,6,7)/t17-;;/m0../s1. The summed E-state index contributed by atoms with van der Waals surface area (Å²) >= 11 is 0. The molecule has 1 saturated heterocycles. The first-order valence-electron chi connectivity index (χ1n) is 13.4. The van der Waals surface area contributed by atoms with Crippen LogP contribution in [0.25, 0.3) is 10.8 Å². The molecule has 0 radical (unpaired) electrons. The number of nitrogens with one attached hydrogen (secondary N) is 1. The molecule has 1 atom stereocenters. The van der Waals surface area contributed by atoms with Gasteiger partial charge in [0.1, 0.15) is 11.8 Å². The van der Waals surface area contributed by atoms with Crippen LogP contribution >= 0.6 is 0 Å². The maximum Gasteiger partial charge on any atom is 0.490 e. The Morgan fingerprint density at radius 3 is 2.26 bits per heavy atom. The van der Waals surface area contributed by atoms with Crippen molar-refractivity contribution in [2.75, 3.05) is 13.7 Å². The van der Waals surface area contributed by atoms with E-state index in [4.69, 9.17) is 25.0 Å². The first-order valence-corrected chi connectivity index (χ1v) is 14.9. The second-order valence-electron chi connectivity index (χ2n) is 9.81. The van der Waals surface area contributed by atoms with Crippen LogP contribution < -0.4 is 15.9 Å². The quantitative estimate of drug-likeness (QED) is 0.0711. The summed E-state index contributed by atoms with van der Waals surface area (Å²) in [7, 11) is -2.62. The third-order valence-electron chi connectivity index (χ3n) is 6.52. The van der Waals surface area contributed by atoms with Gasteiger partial charge in [0.25, 0.3) is 10.1 Å². The van der Waals surface area contributed by atoms with Gasteiger partial charge in [-0.1, -0.05) is 60.7 Å². The lowest BCUT2D eigenvalue weighted by Gasteiger charge is -2.39. The first kappa shape index (κ1) is 35.5. The van der Waals surface area contributed by atoms with Gasteiger partial charge < -0.3 is 25.9 Å². The van der Waals surface area contributed by atoms with E-state index < -0.39 is 22.3 Å². The summed E-state index contributed by atoms with van der Waals surface area (Å²) in [6.07, 6.45) is -3.48. The molecule has 0 saturated carbocycles. The van der Waals surface area contributed by atoms with Crippen LogP contribution in [0.3, 0.4) is 0 Å². The SMILES string of the molecule is COc1ccc2ccc(S(=O)(=O)O)cc2c1.NN=Cc1cccc(CN2C[C@H](NCc3ccccc3)C2=O)c1.O=C(O)C(F)(F)F. The maximum atomic E-state index is 12.2. The normalized spacial score (nSPS) is 14.5. The van der Waals surface area contributed by atoms with Gasteiger partial charge in [-0.05, 0) is 57.8 Å². The zero-order valence-electron chi connectivity index (χ0n) is 24.4. The largest absolute Gasteiger partial charge is 0.497 e. The molecule has 11 nitrogen and oxygen atoms in total.